The fraction of sp³-hybridized carbons (Fsp3) is 0.600. The fourth-order valence-corrected chi connectivity index (χ4v) is 1.43. The van der Waals surface area contributed by atoms with Crippen LogP contribution in [0, 0.1) is 0 Å². The summed E-state index contributed by atoms with van der Waals surface area (Å²) in [6, 6.07) is 9.80. The monoisotopic (exact) mass is 251 g/mol. The van der Waals surface area contributed by atoms with E-state index in [2.05, 4.69) is 33.0 Å². The molecule has 1 unspecified atom stereocenters. The fourth-order valence-electron chi connectivity index (χ4n) is 1.43. The Morgan fingerprint density at radius 1 is 1.11 bits per heavy atom. The van der Waals surface area contributed by atoms with Crippen LogP contribution in [-0.4, -0.2) is 31.4 Å². The van der Waals surface area contributed by atoms with Gasteiger partial charge in [0, 0.05) is 12.1 Å². The molecule has 0 aliphatic heterocycles. The molecule has 1 atom stereocenters. The van der Waals surface area contributed by atoms with Crippen molar-refractivity contribution >= 4 is 0 Å². The van der Waals surface area contributed by atoms with Crippen molar-refractivity contribution in [1.82, 2.24) is 5.32 Å². The summed E-state index contributed by atoms with van der Waals surface area (Å²) in [5, 5.41) is 3.41. The minimum absolute atomic E-state index is 0.137. The number of hydrogen-bond donors (Lipinski definition) is 1. The maximum atomic E-state index is 5.67. The molecule has 0 bridgehead atoms. The Bertz CT molecular complexity index is 319. The van der Waals surface area contributed by atoms with E-state index in [4.69, 9.17) is 9.47 Å². The maximum Gasteiger partial charge on any atom is 0.119 e. The first-order valence-corrected chi connectivity index (χ1v) is 6.52. The molecule has 3 nitrogen and oxygen atoms in total. The normalized spacial score (nSPS) is 13.3. The molecule has 0 radical (unpaired) electrons. The van der Waals surface area contributed by atoms with E-state index in [-0.39, 0.29) is 11.6 Å². The van der Waals surface area contributed by atoms with Crippen LogP contribution >= 0.6 is 0 Å². The van der Waals surface area contributed by atoms with Crippen LogP contribution in [0.2, 0.25) is 0 Å². The minimum Gasteiger partial charge on any atom is -0.491 e. The van der Waals surface area contributed by atoms with Crippen LogP contribution in [0.3, 0.4) is 0 Å². The van der Waals surface area contributed by atoms with Crippen molar-refractivity contribution < 1.29 is 9.47 Å². The van der Waals surface area contributed by atoms with Gasteiger partial charge in [-0.2, -0.15) is 0 Å². The van der Waals surface area contributed by atoms with E-state index in [1.807, 2.05) is 30.3 Å². The summed E-state index contributed by atoms with van der Waals surface area (Å²) >= 11 is 0. The second-order valence-corrected chi connectivity index (χ2v) is 5.47. The summed E-state index contributed by atoms with van der Waals surface area (Å²) in [6.07, 6.45) is 0.198. The predicted molar refractivity (Wildman–Crippen MR) is 75.1 cm³/mol. The number of para-hydroxylation sites is 1. The van der Waals surface area contributed by atoms with Gasteiger partial charge in [0.1, 0.15) is 12.4 Å². The van der Waals surface area contributed by atoms with Crippen LogP contribution in [-0.2, 0) is 4.74 Å². The smallest absolute Gasteiger partial charge is 0.119 e. The summed E-state index contributed by atoms with van der Waals surface area (Å²) in [5.74, 6) is 0.890. The van der Waals surface area contributed by atoms with Crippen LogP contribution in [0.25, 0.3) is 0 Å². The Balaban J connectivity index is 2.07. The summed E-state index contributed by atoms with van der Waals surface area (Å²) < 4.78 is 11.2. The zero-order valence-electron chi connectivity index (χ0n) is 11.9. The lowest BCUT2D eigenvalue weighted by Gasteiger charge is -2.23. The molecule has 18 heavy (non-hydrogen) atoms. The second-order valence-electron chi connectivity index (χ2n) is 5.47. The van der Waals surface area contributed by atoms with Crippen molar-refractivity contribution in [2.75, 3.05) is 19.8 Å². The maximum absolute atomic E-state index is 5.67. The van der Waals surface area contributed by atoms with Gasteiger partial charge in [0.2, 0.25) is 0 Å². The highest BCUT2D eigenvalue weighted by molar-refractivity contribution is 5.20. The van der Waals surface area contributed by atoms with Gasteiger partial charge in [-0.3, -0.25) is 0 Å². The quantitative estimate of drug-likeness (QED) is 0.756. The lowest BCUT2D eigenvalue weighted by Crippen LogP contribution is -2.41. The van der Waals surface area contributed by atoms with Crippen molar-refractivity contribution in [2.24, 2.45) is 0 Å². The number of benzene rings is 1. The topological polar surface area (TPSA) is 30.5 Å². The largest absolute Gasteiger partial charge is 0.491 e. The van der Waals surface area contributed by atoms with Gasteiger partial charge >= 0.3 is 0 Å². The van der Waals surface area contributed by atoms with Crippen molar-refractivity contribution in [3.63, 3.8) is 0 Å². The van der Waals surface area contributed by atoms with Crippen LogP contribution < -0.4 is 10.1 Å². The van der Waals surface area contributed by atoms with Gasteiger partial charge in [-0.05, 0) is 39.8 Å². The zero-order valence-corrected chi connectivity index (χ0v) is 11.9. The highest BCUT2D eigenvalue weighted by atomic mass is 16.5. The first-order valence-electron chi connectivity index (χ1n) is 6.52. The molecule has 0 saturated carbocycles. The van der Waals surface area contributed by atoms with E-state index in [1.54, 1.807) is 0 Å². The number of rotatable bonds is 7. The molecule has 3 heteroatoms. The van der Waals surface area contributed by atoms with E-state index in [9.17, 15) is 0 Å². The van der Waals surface area contributed by atoms with E-state index in [0.717, 1.165) is 12.3 Å². The van der Waals surface area contributed by atoms with Gasteiger partial charge in [-0.1, -0.05) is 18.2 Å². The highest BCUT2D eigenvalue weighted by Crippen LogP contribution is 2.07. The van der Waals surface area contributed by atoms with Gasteiger partial charge in [0.15, 0.2) is 0 Å². The third-order valence-electron chi connectivity index (χ3n) is 2.42. The molecule has 1 aromatic rings. The van der Waals surface area contributed by atoms with Gasteiger partial charge in [0.25, 0.3) is 0 Å². The average Bonchev–Trinajstić information content (AvgIpc) is 2.33. The molecule has 0 aromatic heterocycles. The summed E-state index contributed by atoms with van der Waals surface area (Å²) in [4.78, 5) is 0. The number of nitrogens with one attached hydrogen (secondary N) is 1. The van der Waals surface area contributed by atoms with E-state index in [1.165, 1.54) is 0 Å². The number of ether oxygens (including phenoxy) is 2. The third-order valence-corrected chi connectivity index (χ3v) is 2.42. The molecular weight excluding hydrogens is 226 g/mol. The van der Waals surface area contributed by atoms with Crippen LogP contribution in [0.4, 0.5) is 0 Å². The average molecular weight is 251 g/mol. The summed E-state index contributed by atoms with van der Waals surface area (Å²) in [6.45, 7) is 10.6. The third kappa shape index (κ3) is 7.30. The van der Waals surface area contributed by atoms with E-state index < -0.39 is 0 Å². The molecule has 1 rings (SSSR count). The van der Waals surface area contributed by atoms with E-state index >= 15 is 0 Å². The molecule has 0 amide bonds. The SMILES string of the molecule is CC(CNC(C)(C)C)OCCOc1ccccc1. The predicted octanol–water partition coefficient (Wildman–Crippen LogP) is 2.86. The molecule has 0 aliphatic rings. The van der Waals surface area contributed by atoms with Gasteiger partial charge in [-0.15, -0.1) is 0 Å². The first kappa shape index (κ1) is 15.0. The standard InChI is InChI=1S/C15H25NO2/c1-13(12-16-15(2,3)4)17-10-11-18-14-8-6-5-7-9-14/h5-9,13,16H,10-12H2,1-4H3. The van der Waals surface area contributed by atoms with Gasteiger partial charge in [-0.25, -0.2) is 0 Å². The highest BCUT2D eigenvalue weighted by Gasteiger charge is 2.10. The minimum atomic E-state index is 0.137. The van der Waals surface area contributed by atoms with Crippen LogP contribution in [0.15, 0.2) is 30.3 Å². The molecule has 0 aliphatic carbocycles. The molecule has 0 fully saturated rings. The molecule has 0 heterocycles. The van der Waals surface area contributed by atoms with Crippen molar-refractivity contribution in [1.29, 1.82) is 0 Å². The van der Waals surface area contributed by atoms with Crippen molar-refractivity contribution in [3.8, 4) is 5.75 Å². The first-order chi connectivity index (χ1) is 8.47. The van der Waals surface area contributed by atoms with Crippen LogP contribution in [0.1, 0.15) is 27.7 Å². The summed E-state index contributed by atoms with van der Waals surface area (Å²) in [7, 11) is 0. The molecule has 1 aromatic carbocycles. The second kappa shape index (κ2) is 7.39. The molecular formula is C15H25NO2. The van der Waals surface area contributed by atoms with Crippen LogP contribution in [0.5, 0.6) is 5.75 Å². The van der Waals surface area contributed by atoms with E-state index in [0.29, 0.717) is 13.2 Å². The lowest BCUT2D eigenvalue weighted by molar-refractivity contribution is 0.0414. The Labute approximate surface area is 110 Å². The molecule has 0 spiro atoms. The Hall–Kier alpha value is -1.06. The number of hydrogen-bond acceptors (Lipinski definition) is 3. The van der Waals surface area contributed by atoms with Crippen molar-refractivity contribution in [2.45, 2.75) is 39.3 Å². The van der Waals surface area contributed by atoms with Crippen molar-refractivity contribution in [3.05, 3.63) is 30.3 Å². The lowest BCUT2D eigenvalue weighted by atomic mass is 10.1. The molecule has 0 saturated heterocycles. The Morgan fingerprint density at radius 3 is 2.39 bits per heavy atom. The molecule has 1 N–H and O–H groups in total. The summed E-state index contributed by atoms with van der Waals surface area (Å²) in [5.41, 5.74) is 0.137. The Morgan fingerprint density at radius 2 is 1.78 bits per heavy atom. The van der Waals surface area contributed by atoms with Gasteiger partial charge in [0.05, 0.1) is 12.7 Å². The zero-order chi connectivity index (χ0) is 13.4. The van der Waals surface area contributed by atoms with Gasteiger partial charge < -0.3 is 14.8 Å². The molecule has 102 valence electrons. The Kier molecular flexibility index (Phi) is 6.16.